The maximum atomic E-state index is 11.9. The molecule has 0 aromatic carbocycles. The molecule has 1 N–H and O–H groups in total. The first-order chi connectivity index (χ1) is 8.03. The van der Waals surface area contributed by atoms with Crippen LogP contribution in [0.25, 0.3) is 0 Å². The number of carbonyl (C=O) groups excluding carboxylic acids is 1. The molecule has 1 atom stereocenters. The molecule has 1 rings (SSSR count). The monoisotopic (exact) mass is 242 g/mol. The van der Waals surface area contributed by atoms with Crippen LogP contribution < -0.4 is 5.32 Å². The number of likely N-dealkylation sites (N-methyl/N-ethyl adjacent to an activating group) is 1. The number of nitrogens with one attached hydrogen (secondary N) is 1. The molecule has 0 amide bonds. The summed E-state index contributed by atoms with van der Waals surface area (Å²) in [7, 11) is 3.55. The van der Waals surface area contributed by atoms with Crippen molar-refractivity contribution in [3.63, 3.8) is 0 Å². The van der Waals surface area contributed by atoms with E-state index in [1.807, 2.05) is 6.92 Å². The molecule has 4 nitrogen and oxygen atoms in total. The molecule has 4 heteroatoms. The van der Waals surface area contributed by atoms with E-state index in [4.69, 9.17) is 4.74 Å². The van der Waals surface area contributed by atoms with Gasteiger partial charge in [-0.15, -0.1) is 0 Å². The van der Waals surface area contributed by atoms with Crippen LogP contribution in [-0.4, -0.2) is 49.7 Å². The van der Waals surface area contributed by atoms with Gasteiger partial charge < -0.3 is 15.0 Å². The Morgan fingerprint density at radius 3 is 2.59 bits per heavy atom. The first-order valence-electron chi connectivity index (χ1n) is 6.57. The first kappa shape index (κ1) is 14.5. The number of carbonyl (C=O) groups is 1. The molecule has 100 valence electrons. The van der Waals surface area contributed by atoms with Crippen LogP contribution in [0.3, 0.4) is 0 Å². The minimum absolute atomic E-state index is 0.169. The number of methoxy groups -OCH3 is 1. The smallest absolute Gasteiger partial charge is 0.327 e. The summed E-state index contributed by atoms with van der Waals surface area (Å²) < 4.78 is 4.92. The number of hydrogen-bond donors (Lipinski definition) is 1. The highest BCUT2D eigenvalue weighted by molar-refractivity contribution is 5.80. The molecule has 0 bridgehead atoms. The number of hydrogen-bond acceptors (Lipinski definition) is 4. The topological polar surface area (TPSA) is 41.6 Å². The third kappa shape index (κ3) is 3.68. The summed E-state index contributed by atoms with van der Waals surface area (Å²) in [5.74, 6) is -0.169. The zero-order valence-corrected chi connectivity index (χ0v) is 11.6. The summed E-state index contributed by atoms with van der Waals surface area (Å²) >= 11 is 0. The molecule has 1 aliphatic carbocycles. The second-order valence-electron chi connectivity index (χ2n) is 5.25. The van der Waals surface area contributed by atoms with Crippen LogP contribution in [0.4, 0.5) is 0 Å². The number of ether oxygens (including phenoxy) is 1. The predicted octanol–water partition coefficient (Wildman–Crippen LogP) is 1.40. The van der Waals surface area contributed by atoms with E-state index in [0.29, 0.717) is 12.6 Å². The lowest BCUT2D eigenvalue weighted by molar-refractivity contribution is -0.149. The van der Waals surface area contributed by atoms with Crippen molar-refractivity contribution in [3.8, 4) is 0 Å². The van der Waals surface area contributed by atoms with Gasteiger partial charge in [-0.05, 0) is 39.8 Å². The number of esters is 1. The first-order valence-corrected chi connectivity index (χ1v) is 6.57. The van der Waals surface area contributed by atoms with Crippen LogP contribution in [0.2, 0.25) is 0 Å². The molecule has 0 aromatic rings. The summed E-state index contributed by atoms with van der Waals surface area (Å²) in [6.45, 7) is 5.58. The van der Waals surface area contributed by atoms with Crippen LogP contribution in [0, 0.1) is 0 Å². The van der Waals surface area contributed by atoms with Crippen molar-refractivity contribution in [1.82, 2.24) is 10.2 Å². The van der Waals surface area contributed by atoms with E-state index in [9.17, 15) is 4.79 Å². The lowest BCUT2D eigenvalue weighted by atomic mass is 9.90. The van der Waals surface area contributed by atoms with Crippen molar-refractivity contribution in [2.75, 3.05) is 27.2 Å². The molecule has 0 spiro atoms. The van der Waals surface area contributed by atoms with Crippen molar-refractivity contribution in [1.29, 1.82) is 0 Å². The molecule has 0 heterocycles. The Kier molecular flexibility index (Phi) is 5.40. The van der Waals surface area contributed by atoms with Crippen LogP contribution in [0.1, 0.15) is 39.5 Å². The quantitative estimate of drug-likeness (QED) is 0.685. The van der Waals surface area contributed by atoms with Gasteiger partial charge in [0.1, 0.15) is 5.54 Å². The normalized spacial score (nSPS) is 19.8. The van der Waals surface area contributed by atoms with Crippen molar-refractivity contribution in [2.24, 2.45) is 0 Å². The minimum Gasteiger partial charge on any atom is -0.468 e. The minimum atomic E-state index is -0.588. The van der Waals surface area contributed by atoms with Gasteiger partial charge in [-0.3, -0.25) is 4.79 Å². The van der Waals surface area contributed by atoms with E-state index in [1.54, 1.807) is 0 Å². The van der Waals surface area contributed by atoms with Gasteiger partial charge in [-0.1, -0.05) is 13.3 Å². The van der Waals surface area contributed by atoms with Gasteiger partial charge in [0.25, 0.3) is 0 Å². The maximum Gasteiger partial charge on any atom is 0.327 e. The van der Waals surface area contributed by atoms with Crippen LogP contribution >= 0.6 is 0 Å². The molecule has 1 aliphatic rings. The molecular formula is C13H26N2O2. The average molecular weight is 242 g/mol. The second kappa shape index (κ2) is 6.36. The fraction of sp³-hybridized carbons (Fsp3) is 0.923. The summed E-state index contributed by atoms with van der Waals surface area (Å²) in [6.07, 6.45) is 4.83. The van der Waals surface area contributed by atoms with Crippen molar-refractivity contribution < 1.29 is 9.53 Å². The Morgan fingerprint density at radius 1 is 1.53 bits per heavy atom. The van der Waals surface area contributed by atoms with E-state index in [1.165, 1.54) is 26.4 Å². The van der Waals surface area contributed by atoms with Gasteiger partial charge in [0.05, 0.1) is 7.11 Å². The average Bonchev–Trinajstić information content (AvgIpc) is 2.22. The second-order valence-corrected chi connectivity index (χ2v) is 5.25. The van der Waals surface area contributed by atoms with E-state index >= 15 is 0 Å². The summed E-state index contributed by atoms with van der Waals surface area (Å²) in [4.78, 5) is 14.2. The lowest BCUT2D eigenvalue weighted by Crippen LogP contribution is -2.59. The third-order valence-corrected chi connectivity index (χ3v) is 3.66. The van der Waals surface area contributed by atoms with E-state index < -0.39 is 5.54 Å². The van der Waals surface area contributed by atoms with Crippen molar-refractivity contribution in [3.05, 3.63) is 0 Å². The molecule has 1 fully saturated rings. The molecule has 0 saturated heterocycles. The summed E-state index contributed by atoms with van der Waals surface area (Å²) in [5.41, 5.74) is -0.588. The summed E-state index contributed by atoms with van der Waals surface area (Å²) in [5, 5.41) is 3.31. The van der Waals surface area contributed by atoms with Crippen LogP contribution in [0.15, 0.2) is 0 Å². The Bertz CT molecular complexity index is 254. The molecule has 1 unspecified atom stereocenters. The van der Waals surface area contributed by atoms with Gasteiger partial charge in [-0.2, -0.15) is 0 Å². The van der Waals surface area contributed by atoms with Gasteiger partial charge >= 0.3 is 5.97 Å². The van der Waals surface area contributed by atoms with Crippen LogP contribution in [0.5, 0.6) is 0 Å². The molecule has 17 heavy (non-hydrogen) atoms. The van der Waals surface area contributed by atoms with Gasteiger partial charge in [0.2, 0.25) is 0 Å². The molecule has 0 radical (unpaired) electrons. The maximum absolute atomic E-state index is 11.9. The Balaban J connectivity index is 2.57. The zero-order valence-electron chi connectivity index (χ0n) is 11.6. The third-order valence-electron chi connectivity index (χ3n) is 3.66. The Hall–Kier alpha value is -0.610. The van der Waals surface area contributed by atoms with Crippen LogP contribution in [-0.2, 0) is 9.53 Å². The van der Waals surface area contributed by atoms with E-state index in [2.05, 4.69) is 24.2 Å². The fourth-order valence-corrected chi connectivity index (χ4v) is 2.27. The van der Waals surface area contributed by atoms with Gasteiger partial charge in [-0.25, -0.2) is 0 Å². The number of rotatable bonds is 7. The molecule has 0 aromatic heterocycles. The lowest BCUT2D eigenvalue weighted by Gasteiger charge is -2.40. The summed E-state index contributed by atoms with van der Waals surface area (Å²) in [6, 6.07) is 0.641. The molecule has 0 aliphatic heterocycles. The Morgan fingerprint density at radius 2 is 2.18 bits per heavy atom. The zero-order chi connectivity index (χ0) is 12.9. The Labute approximate surface area is 105 Å². The molecule has 1 saturated carbocycles. The largest absolute Gasteiger partial charge is 0.468 e. The highest BCUT2D eigenvalue weighted by atomic mass is 16.5. The van der Waals surface area contributed by atoms with Gasteiger partial charge in [0.15, 0.2) is 0 Å². The van der Waals surface area contributed by atoms with E-state index in [0.717, 1.165) is 13.0 Å². The SMILES string of the molecule is CCCNC(C)(CN(C)C1CCC1)C(=O)OC. The predicted molar refractivity (Wildman–Crippen MR) is 69.0 cm³/mol. The van der Waals surface area contributed by atoms with Crippen molar-refractivity contribution in [2.45, 2.75) is 51.1 Å². The van der Waals surface area contributed by atoms with Gasteiger partial charge in [0, 0.05) is 12.6 Å². The van der Waals surface area contributed by atoms with E-state index in [-0.39, 0.29) is 5.97 Å². The highest BCUT2D eigenvalue weighted by Gasteiger charge is 2.37. The molecular weight excluding hydrogens is 216 g/mol. The van der Waals surface area contributed by atoms with Crippen molar-refractivity contribution >= 4 is 5.97 Å². The highest BCUT2D eigenvalue weighted by Crippen LogP contribution is 2.25. The number of nitrogens with zero attached hydrogens (tertiary/aromatic N) is 1. The standard InChI is InChI=1S/C13H26N2O2/c1-5-9-14-13(2,12(16)17-4)10-15(3)11-7-6-8-11/h11,14H,5-10H2,1-4H3. The fourth-order valence-electron chi connectivity index (χ4n) is 2.27.